The van der Waals surface area contributed by atoms with E-state index in [1.165, 1.54) is 5.56 Å². The number of nitrogens with two attached hydrogens (primary N) is 1. The summed E-state index contributed by atoms with van der Waals surface area (Å²) < 4.78 is 1.06. The Morgan fingerprint density at radius 2 is 2.24 bits per heavy atom. The van der Waals surface area contributed by atoms with Crippen molar-refractivity contribution in [3.05, 3.63) is 34.3 Å². The standard InChI is InChI=1S/C13H17BrN2O/c1-9(15)13(17)16-8-4-7-12(16)10-5-2-3-6-11(10)14/h2-3,5-6,9,12H,4,7-8,15H2,1H3. The van der Waals surface area contributed by atoms with Crippen molar-refractivity contribution in [1.82, 2.24) is 4.90 Å². The highest BCUT2D eigenvalue weighted by Crippen LogP contribution is 2.35. The van der Waals surface area contributed by atoms with Gasteiger partial charge in [0, 0.05) is 11.0 Å². The average molecular weight is 297 g/mol. The maximum Gasteiger partial charge on any atom is 0.239 e. The second kappa shape index (κ2) is 5.19. The zero-order valence-corrected chi connectivity index (χ0v) is 11.5. The van der Waals surface area contributed by atoms with E-state index in [2.05, 4.69) is 22.0 Å². The van der Waals surface area contributed by atoms with Crippen LogP contribution in [0, 0.1) is 0 Å². The lowest BCUT2D eigenvalue weighted by atomic mass is 10.0. The molecule has 0 aromatic heterocycles. The lowest BCUT2D eigenvalue weighted by molar-refractivity contribution is -0.133. The molecular formula is C13H17BrN2O. The van der Waals surface area contributed by atoms with E-state index < -0.39 is 6.04 Å². The smallest absolute Gasteiger partial charge is 0.239 e. The molecule has 1 aromatic carbocycles. The quantitative estimate of drug-likeness (QED) is 0.911. The Balaban J connectivity index is 2.26. The number of nitrogens with zero attached hydrogens (tertiary/aromatic N) is 1. The molecule has 4 heteroatoms. The fourth-order valence-electron chi connectivity index (χ4n) is 2.36. The molecule has 1 aliphatic heterocycles. The van der Waals surface area contributed by atoms with E-state index >= 15 is 0 Å². The van der Waals surface area contributed by atoms with Gasteiger partial charge in [-0.2, -0.15) is 0 Å². The van der Waals surface area contributed by atoms with Crippen LogP contribution in [0.3, 0.4) is 0 Å². The number of rotatable bonds is 2. The Hall–Kier alpha value is -0.870. The predicted molar refractivity (Wildman–Crippen MR) is 71.5 cm³/mol. The first kappa shape index (κ1) is 12.6. The molecule has 2 rings (SSSR count). The molecule has 1 saturated heterocycles. The first-order valence-corrected chi connectivity index (χ1v) is 6.71. The van der Waals surface area contributed by atoms with Crippen LogP contribution in [-0.2, 0) is 4.79 Å². The molecule has 0 spiro atoms. The van der Waals surface area contributed by atoms with E-state index in [0.29, 0.717) is 0 Å². The summed E-state index contributed by atoms with van der Waals surface area (Å²) >= 11 is 3.55. The molecule has 0 radical (unpaired) electrons. The number of hydrogen-bond acceptors (Lipinski definition) is 2. The Morgan fingerprint density at radius 3 is 2.88 bits per heavy atom. The lowest BCUT2D eigenvalue weighted by Crippen LogP contribution is -2.41. The molecule has 3 nitrogen and oxygen atoms in total. The summed E-state index contributed by atoms with van der Waals surface area (Å²) in [5, 5.41) is 0. The van der Waals surface area contributed by atoms with Gasteiger partial charge in [-0.3, -0.25) is 4.79 Å². The summed E-state index contributed by atoms with van der Waals surface area (Å²) in [5.41, 5.74) is 6.87. The monoisotopic (exact) mass is 296 g/mol. The van der Waals surface area contributed by atoms with Crippen LogP contribution in [0.25, 0.3) is 0 Å². The van der Waals surface area contributed by atoms with Gasteiger partial charge < -0.3 is 10.6 Å². The zero-order chi connectivity index (χ0) is 12.4. The molecule has 1 amide bonds. The highest BCUT2D eigenvalue weighted by Gasteiger charge is 2.32. The van der Waals surface area contributed by atoms with Crippen LogP contribution in [-0.4, -0.2) is 23.4 Å². The molecule has 1 heterocycles. The van der Waals surface area contributed by atoms with Crippen molar-refractivity contribution >= 4 is 21.8 Å². The average Bonchev–Trinajstić information content (AvgIpc) is 2.77. The summed E-state index contributed by atoms with van der Waals surface area (Å²) in [4.78, 5) is 13.9. The molecule has 1 aromatic rings. The number of carbonyl (C=O) groups excluding carboxylic acids is 1. The highest BCUT2D eigenvalue weighted by atomic mass is 79.9. The molecule has 0 saturated carbocycles. The van der Waals surface area contributed by atoms with Gasteiger partial charge in [-0.15, -0.1) is 0 Å². The Kier molecular flexibility index (Phi) is 3.84. The van der Waals surface area contributed by atoms with Gasteiger partial charge in [-0.25, -0.2) is 0 Å². The van der Waals surface area contributed by atoms with E-state index in [9.17, 15) is 4.79 Å². The van der Waals surface area contributed by atoms with Crippen molar-refractivity contribution < 1.29 is 4.79 Å². The molecule has 2 unspecified atom stereocenters. The van der Waals surface area contributed by atoms with E-state index in [0.717, 1.165) is 23.9 Å². The first-order chi connectivity index (χ1) is 8.11. The summed E-state index contributed by atoms with van der Waals surface area (Å²) in [5.74, 6) is 0.0447. The first-order valence-electron chi connectivity index (χ1n) is 5.91. The van der Waals surface area contributed by atoms with Crippen molar-refractivity contribution in [1.29, 1.82) is 0 Å². The predicted octanol–water partition coefficient (Wildman–Crippen LogP) is 2.46. The third-order valence-electron chi connectivity index (χ3n) is 3.19. The van der Waals surface area contributed by atoms with Gasteiger partial charge in [-0.1, -0.05) is 34.1 Å². The molecule has 0 bridgehead atoms. The van der Waals surface area contributed by atoms with E-state index in [1.54, 1.807) is 6.92 Å². The van der Waals surface area contributed by atoms with Crippen molar-refractivity contribution in [2.45, 2.75) is 31.8 Å². The molecular weight excluding hydrogens is 280 g/mol. The van der Waals surface area contributed by atoms with Crippen LogP contribution < -0.4 is 5.73 Å². The van der Waals surface area contributed by atoms with Crippen LogP contribution in [0.1, 0.15) is 31.4 Å². The molecule has 1 fully saturated rings. The lowest BCUT2D eigenvalue weighted by Gasteiger charge is -2.27. The molecule has 0 aliphatic carbocycles. The molecule has 2 N–H and O–H groups in total. The maximum absolute atomic E-state index is 12.0. The SMILES string of the molecule is CC(N)C(=O)N1CCCC1c1ccccc1Br. The number of halogens is 1. The van der Waals surface area contributed by atoms with Crippen LogP contribution in [0.4, 0.5) is 0 Å². The van der Waals surface area contributed by atoms with Crippen molar-refractivity contribution in [3.8, 4) is 0 Å². The summed E-state index contributed by atoms with van der Waals surface area (Å²) in [6.07, 6.45) is 2.06. The van der Waals surface area contributed by atoms with Crippen LogP contribution >= 0.6 is 15.9 Å². The van der Waals surface area contributed by atoms with Gasteiger partial charge in [0.2, 0.25) is 5.91 Å². The minimum Gasteiger partial charge on any atom is -0.334 e. The molecule has 1 aliphatic rings. The van der Waals surface area contributed by atoms with Crippen LogP contribution in [0.5, 0.6) is 0 Å². The third-order valence-corrected chi connectivity index (χ3v) is 3.91. The number of carbonyl (C=O) groups is 1. The van der Waals surface area contributed by atoms with Crippen molar-refractivity contribution in [2.75, 3.05) is 6.54 Å². The number of amides is 1. The van der Waals surface area contributed by atoms with Gasteiger partial charge in [0.1, 0.15) is 0 Å². The van der Waals surface area contributed by atoms with Gasteiger partial charge in [0.05, 0.1) is 12.1 Å². The second-order valence-corrected chi connectivity index (χ2v) is 5.35. The van der Waals surface area contributed by atoms with Gasteiger partial charge in [-0.05, 0) is 31.4 Å². The summed E-state index contributed by atoms with van der Waals surface area (Å²) in [6.45, 7) is 2.56. The largest absolute Gasteiger partial charge is 0.334 e. The van der Waals surface area contributed by atoms with E-state index in [4.69, 9.17) is 5.73 Å². The molecule has 92 valence electrons. The molecule has 17 heavy (non-hydrogen) atoms. The highest BCUT2D eigenvalue weighted by molar-refractivity contribution is 9.10. The number of likely N-dealkylation sites (tertiary alicyclic amines) is 1. The van der Waals surface area contributed by atoms with Gasteiger partial charge >= 0.3 is 0 Å². The number of hydrogen-bond donors (Lipinski definition) is 1. The topological polar surface area (TPSA) is 46.3 Å². The summed E-state index contributed by atoms with van der Waals surface area (Å²) in [6, 6.07) is 7.83. The Morgan fingerprint density at radius 1 is 1.53 bits per heavy atom. The third kappa shape index (κ3) is 2.53. The van der Waals surface area contributed by atoms with Gasteiger partial charge in [0.15, 0.2) is 0 Å². The molecule has 2 atom stereocenters. The van der Waals surface area contributed by atoms with E-state index in [-0.39, 0.29) is 11.9 Å². The Labute approximate surface area is 110 Å². The van der Waals surface area contributed by atoms with Crippen LogP contribution in [0.15, 0.2) is 28.7 Å². The van der Waals surface area contributed by atoms with Crippen LogP contribution in [0.2, 0.25) is 0 Å². The number of benzene rings is 1. The van der Waals surface area contributed by atoms with Crippen molar-refractivity contribution in [2.24, 2.45) is 5.73 Å². The minimum atomic E-state index is -0.418. The maximum atomic E-state index is 12.0. The fourth-order valence-corrected chi connectivity index (χ4v) is 2.91. The zero-order valence-electron chi connectivity index (χ0n) is 9.90. The van der Waals surface area contributed by atoms with Crippen molar-refractivity contribution in [3.63, 3.8) is 0 Å². The van der Waals surface area contributed by atoms with Gasteiger partial charge in [0.25, 0.3) is 0 Å². The minimum absolute atomic E-state index is 0.0447. The second-order valence-electron chi connectivity index (χ2n) is 4.50. The normalized spacial score (nSPS) is 21.6. The fraction of sp³-hybridized carbons (Fsp3) is 0.462. The Bertz CT molecular complexity index is 420. The van der Waals surface area contributed by atoms with E-state index in [1.807, 2.05) is 23.1 Å². The summed E-state index contributed by atoms with van der Waals surface area (Å²) in [7, 11) is 0.